The van der Waals surface area contributed by atoms with E-state index in [4.69, 9.17) is 23.2 Å². The molecule has 3 aromatic carbocycles. The average molecular weight is 504 g/mol. The number of nitrogens with one attached hydrogen (secondary N) is 1. The van der Waals surface area contributed by atoms with Crippen LogP contribution in [0.3, 0.4) is 0 Å². The van der Waals surface area contributed by atoms with Crippen LogP contribution in [0.25, 0.3) is 10.9 Å². The highest BCUT2D eigenvalue weighted by molar-refractivity contribution is 6.42. The van der Waals surface area contributed by atoms with Crippen LogP contribution < -0.4 is 4.90 Å². The standard InChI is InChI=1S/C28H23Cl2N3O2/c1-16-27-26(19-9-5-6-10-23(19)31-27)20(17-7-3-2-4-8-17)15-32(16)24-14-25(34)33(28(24)35)18-11-12-21(29)22(30)13-18/h2-13,16,20,24,31H,14-15H2,1H3. The molecule has 0 bridgehead atoms. The number of fused-ring (bicyclic) bond motifs is 3. The number of carbonyl (C=O) groups excluding carboxylic acids is 2. The Balaban J connectivity index is 1.42. The molecule has 2 aliphatic heterocycles. The average Bonchev–Trinajstić information content (AvgIpc) is 3.39. The van der Waals surface area contributed by atoms with Gasteiger partial charge in [-0.05, 0) is 42.3 Å². The van der Waals surface area contributed by atoms with Gasteiger partial charge in [0.1, 0.15) is 0 Å². The number of benzene rings is 3. The molecule has 3 atom stereocenters. The van der Waals surface area contributed by atoms with Gasteiger partial charge in [-0.15, -0.1) is 0 Å². The predicted octanol–water partition coefficient (Wildman–Crippen LogP) is 6.32. The van der Waals surface area contributed by atoms with Gasteiger partial charge in [-0.25, -0.2) is 4.90 Å². The third kappa shape index (κ3) is 3.57. The smallest absolute Gasteiger partial charge is 0.251 e. The number of rotatable bonds is 3. The van der Waals surface area contributed by atoms with Gasteiger partial charge in [0.2, 0.25) is 5.91 Å². The number of hydrogen-bond donors (Lipinski definition) is 1. The number of aromatic nitrogens is 1. The molecule has 2 aliphatic rings. The number of para-hydroxylation sites is 1. The van der Waals surface area contributed by atoms with Crippen molar-refractivity contribution >= 4 is 51.6 Å². The first-order valence-electron chi connectivity index (χ1n) is 11.7. The first kappa shape index (κ1) is 22.4. The lowest BCUT2D eigenvalue weighted by Crippen LogP contribution is -2.47. The summed E-state index contributed by atoms with van der Waals surface area (Å²) >= 11 is 12.2. The number of H-pyrrole nitrogens is 1. The van der Waals surface area contributed by atoms with E-state index in [1.54, 1.807) is 18.2 Å². The first-order valence-corrected chi connectivity index (χ1v) is 12.4. The number of anilines is 1. The van der Waals surface area contributed by atoms with Crippen molar-refractivity contribution in [3.05, 3.63) is 99.7 Å². The van der Waals surface area contributed by atoms with Crippen molar-refractivity contribution in [2.24, 2.45) is 0 Å². The van der Waals surface area contributed by atoms with Crippen LogP contribution >= 0.6 is 23.2 Å². The monoisotopic (exact) mass is 503 g/mol. The second-order valence-electron chi connectivity index (χ2n) is 9.22. The minimum absolute atomic E-state index is 0.0622. The molecule has 3 heterocycles. The number of nitrogens with zero attached hydrogens (tertiary/aromatic N) is 2. The van der Waals surface area contributed by atoms with Gasteiger partial charge in [-0.3, -0.25) is 14.5 Å². The van der Waals surface area contributed by atoms with E-state index in [-0.39, 0.29) is 30.2 Å². The van der Waals surface area contributed by atoms with Crippen LogP contribution in [0.2, 0.25) is 10.0 Å². The van der Waals surface area contributed by atoms with Crippen LogP contribution in [0.4, 0.5) is 5.69 Å². The topological polar surface area (TPSA) is 56.4 Å². The molecule has 4 aromatic rings. The van der Waals surface area contributed by atoms with Crippen LogP contribution in [-0.4, -0.2) is 34.3 Å². The summed E-state index contributed by atoms with van der Waals surface area (Å²) in [4.78, 5) is 33.8. The molecular formula is C28H23Cl2N3O2. The summed E-state index contributed by atoms with van der Waals surface area (Å²) < 4.78 is 0. The van der Waals surface area contributed by atoms with Gasteiger partial charge >= 0.3 is 0 Å². The Kier molecular flexibility index (Phi) is 5.44. The van der Waals surface area contributed by atoms with E-state index in [1.165, 1.54) is 21.4 Å². The van der Waals surface area contributed by atoms with Crippen LogP contribution in [-0.2, 0) is 9.59 Å². The number of aromatic amines is 1. The highest BCUT2D eigenvalue weighted by atomic mass is 35.5. The zero-order valence-corrected chi connectivity index (χ0v) is 20.6. The van der Waals surface area contributed by atoms with Gasteiger partial charge in [-0.1, -0.05) is 71.7 Å². The molecule has 0 radical (unpaired) electrons. The number of carbonyl (C=O) groups is 2. The van der Waals surface area contributed by atoms with Gasteiger partial charge < -0.3 is 4.98 Å². The van der Waals surface area contributed by atoms with Crippen molar-refractivity contribution in [3.8, 4) is 0 Å². The lowest BCUT2D eigenvalue weighted by atomic mass is 9.83. The van der Waals surface area contributed by atoms with Crippen LogP contribution in [0.5, 0.6) is 0 Å². The number of imide groups is 1. The summed E-state index contributed by atoms with van der Waals surface area (Å²) in [5.74, 6) is -0.392. The fourth-order valence-electron chi connectivity index (χ4n) is 5.64. The molecule has 0 spiro atoms. The molecule has 6 rings (SSSR count). The number of amides is 2. The maximum atomic E-state index is 13.7. The molecule has 2 amide bonds. The fourth-order valence-corrected chi connectivity index (χ4v) is 5.93. The molecule has 3 unspecified atom stereocenters. The van der Waals surface area contributed by atoms with Crippen LogP contribution in [0, 0.1) is 0 Å². The van der Waals surface area contributed by atoms with Gasteiger partial charge in [0.25, 0.3) is 5.91 Å². The Hall–Kier alpha value is -3.12. The molecular weight excluding hydrogens is 481 g/mol. The van der Waals surface area contributed by atoms with E-state index in [0.29, 0.717) is 22.3 Å². The molecule has 1 N–H and O–H groups in total. The molecule has 176 valence electrons. The van der Waals surface area contributed by atoms with Crippen molar-refractivity contribution in [1.82, 2.24) is 9.88 Å². The highest BCUT2D eigenvalue weighted by Gasteiger charge is 2.47. The minimum Gasteiger partial charge on any atom is -0.357 e. The van der Waals surface area contributed by atoms with Gasteiger partial charge in [0.05, 0.1) is 28.2 Å². The van der Waals surface area contributed by atoms with E-state index in [0.717, 1.165) is 11.2 Å². The molecule has 1 saturated heterocycles. The van der Waals surface area contributed by atoms with Crippen molar-refractivity contribution in [2.45, 2.75) is 31.3 Å². The van der Waals surface area contributed by atoms with Gasteiger partial charge in [0.15, 0.2) is 0 Å². The van der Waals surface area contributed by atoms with E-state index >= 15 is 0 Å². The predicted molar refractivity (Wildman–Crippen MR) is 139 cm³/mol. The van der Waals surface area contributed by atoms with Crippen molar-refractivity contribution in [2.75, 3.05) is 11.4 Å². The number of hydrogen-bond acceptors (Lipinski definition) is 3. The summed E-state index contributed by atoms with van der Waals surface area (Å²) in [6, 6.07) is 22.9. The molecule has 1 aromatic heterocycles. The highest BCUT2D eigenvalue weighted by Crippen LogP contribution is 2.45. The summed E-state index contributed by atoms with van der Waals surface area (Å²) in [5.41, 5.74) is 5.09. The molecule has 1 fully saturated rings. The fraction of sp³-hybridized carbons (Fsp3) is 0.214. The molecule has 0 aliphatic carbocycles. The second-order valence-corrected chi connectivity index (χ2v) is 10.0. The van der Waals surface area contributed by atoms with Gasteiger partial charge in [0, 0.05) is 35.1 Å². The SMILES string of the molecule is CC1c2[nH]c3ccccc3c2C(c2ccccc2)CN1C1CC(=O)N(c2ccc(Cl)c(Cl)c2)C1=O. The molecule has 0 saturated carbocycles. The summed E-state index contributed by atoms with van der Waals surface area (Å²) in [7, 11) is 0. The van der Waals surface area contributed by atoms with E-state index in [9.17, 15) is 9.59 Å². The Morgan fingerprint density at radius 3 is 2.43 bits per heavy atom. The molecule has 7 heteroatoms. The van der Waals surface area contributed by atoms with Crippen molar-refractivity contribution in [1.29, 1.82) is 0 Å². The summed E-state index contributed by atoms with van der Waals surface area (Å²) in [6.45, 7) is 2.74. The Morgan fingerprint density at radius 2 is 1.66 bits per heavy atom. The Bertz CT molecular complexity index is 1470. The summed E-state index contributed by atoms with van der Waals surface area (Å²) in [6.07, 6.45) is 0.125. The zero-order valence-electron chi connectivity index (χ0n) is 19.0. The Labute approximate surface area is 213 Å². The zero-order chi connectivity index (χ0) is 24.3. The normalized spacial score (nSPS) is 22.7. The summed E-state index contributed by atoms with van der Waals surface area (Å²) in [5, 5.41) is 1.90. The lowest BCUT2D eigenvalue weighted by Gasteiger charge is -2.40. The molecule has 35 heavy (non-hydrogen) atoms. The quantitative estimate of drug-likeness (QED) is 0.333. The maximum Gasteiger partial charge on any atom is 0.251 e. The van der Waals surface area contributed by atoms with Crippen molar-refractivity contribution in [3.63, 3.8) is 0 Å². The largest absolute Gasteiger partial charge is 0.357 e. The Morgan fingerprint density at radius 1 is 0.914 bits per heavy atom. The van der Waals surface area contributed by atoms with Gasteiger partial charge in [-0.2, -0.15) is 0 Å². The maximum absolute atomic E-state index is 13.7. The van der Waals surface area contributed by atoms with Crippen LogP contribution in [0.15, 0.2) is 72.8 Å². The lowest BCUT2D eigenvalue weighted by molar-refractivity contribution is -0.123. The van der Waals surface area contributed by atoms with E-state index < -0.39 is 6.04 Å². The second kappa shape index (κ2) is 8.52. The van der Waals surface area contributed by atoms with E-state index in [1.807, 2.05) is 24.3 Å². The van der Waals surface area contributed by atoms with Crippen molar-refractivity contribution < 1.29 is 9.59 Å². The first-order chi connectivity index (χ1) is 16.9. The third-order valence-electron chi connectivity index (χ3n) is 7.32. The van der Waals surface area contributed by atoms with E-state index in [2.05, 4.69) is 47.1 Å². The third-order valence-corrected chi connectivity index (χ3v) is 8.06. The number of halogens is 2. The molecule has 5 nitrogen and oxygen atoms in total. The van der Waals surface area contributed by atoms with Crippen LogP contribution in [0.1, 0.15) is 42.1 Å². The minimum atomic E-state index is -0.558.